The number of sulfonamides is 1. The third-order valence-electron chi connectivity index (χ3n) is 3.29. The molecule has 0 heterocycles. The summed E-state index contributed by atoms with van der Waals surface area (Å²) >= 11 is 0. The predicted molar refractivity (Wildman–Crippen MR) is 82.5 cm³/mol. The number of aliphatic hydroxyl groups is 1. The fourth-order valence-corrected chi connectivity index (χ4v) is 3.16. The van der Waals surface area contributed by atoms with Crippen LogP contribution < -0.4 is 4.72 Å². The largest absolute Gasteiger partial charge is 0.387 e. The molecule has 2 rings (SSSR count). The van der Waals surface area contributed by atoms with E-state index in [1.165, 1.54) is 24.3 Å². The third-order valence-corrected chi connectivity index (χ3v) is 4.71. The molecule has 0 aliphatic carbocycles. The second-order valence-electron chi connectivity index (χ2n) is 4.86. The van der Waals surface area contributed by atoms with Crippen molar-refractivity contribution in [3.05, 3.63) is 65.2 Å². The summed E-state index contributed by atoms with van der Waals surface area (Å²) in [5.74, 6) is 0. The molecule has 114 valence electrons. The van der Waals surface area contributed by atoms with Gasteiger partial charge in [-0.25, -0.2) is 13.1 Å². The van der Waals surface area contributed by atoms with E-state index in [9.17, 15) is 13.5 Å². The topological polar surface area (TPSA) is 90.2 Å². The van der Waals surface area contributed by atoms with Crippen LogP contribution in [0, 0.1) is 18.3 Å². The molecule has 1 unspecified atom stereocenters. The minimum atomic E-state index is -3.77. The fourth-order valence-electron chi connectivity index (χ4n) is 2.08. The highest BCUT2D eigenvalue weighted by Gasteiger charge is 2.17. The van der Waals surface area contributed by atoms with Gasteiger partial charge in [0, 0.05) is 6.54 Å². The monoisotopic (exact) mass is 316 g/mol. The van der Waals surface area contributed by atoms with Crippen LogP contribution in [0.5, 0.6) is 0 Å². The quantitative estimate of drug-likeness (QED) is 0.881. The standard InChI is InChI=1S/C16H16N2O3S/c1-12-5-2-3-8-15(12)16(19)11-18-22(20,21)14-7-4-6-13(9-14)10-17/h2-9,16,18-19H,11H2,1H3. The molecular weight excluding hydrogens is 300 g/mol. The number of aliphatic hydroxyl groups excluding tert-OH is 1. The van der Waals surface area contributed by atoms with Gasteiger partial charge in [0.1, 0.15) is 0 Å². The maximum atomic E-state index is 12.2. The Kier molecular flexibility index (Phi) is 4.93. The van der Waals surface area contributed by atoms with Crippen LogP contribution in [0.2, 0.25) is 0 Å². The predicted octanol–water partition coefficient (Wildman–Crippen LogP) is 1.88. The molecule has 0 bridgehead atoms. The summed E-state index contributed by atoms with van der Waals surface area (Å²) in [6.07, 6.45) is -0.935. The molecule has 2 aromatic rings. The van der Waals surface area contributed by atoms with Crippen molar-refractivity contribution in [2.45, 2.75) is 17.9 Å². The van der Waals surface area contributed by atoms with Crippen molar-refractivity contribution in [1.82, 2.24) is 4.72 Å². The van der Waals surface area contributed by atoms with E-state index in [0.717, 1.165) is 5.56 Å². The zero-order chi connectivity index (χ0) is 16.2. The molecule has 0 aliphatic rings. The Morgan fingerprint density at radius 3 is 2.64 bits per heavy atom. The van der Waals surface area contributed by atoms with Gasteiger partial charge in [-0.1, -0.05) is 30.3 Å². The lowest BCUT2D eigenvalue weighted by molar-refractivity contribution is 0.181. The maximum absolute atomic E-state index is 12.2. The van der Waals surface area contributed by atoms with Gasteiger partial charge in [-0.3, -0.25) is 0 Å². The van der Waals surface area contributed by atoms with E-state index in [1.807, 2.05) is 25.1 Å². The normalized spacial score (nSPS) is 12.6. The van der Waals surface area contributed by atoms with Gasteiger partial charge < -0.3 is 5.11 Å². The first-order chi connectivity index (χ1) is 10.4. The van der Waals surface area contributed by atoms with Crippen molar-refractivity contribution in [3.63, 3.8) is 0 Å². The van der Waals surface area contributed by atoms with E-state index in [2.05, 4.69) is 4.72 Å². The summed E-state index contributed by atoms with van der Waals surface area (Å²) in [5.41, 5.74) is 1.83. The van der Waals surface area contributed by atoms with E-state index in [-0.39, 0.29) is 17.0 Å². The van der Waals surface area contributed by atoms with Crippen molar-refractivity contribution in [2.75, 3.05) is 6.54 Å². The highest BCUT2D eigenvalue weighted by molar-refractivity contribution is 7.89. The van der Waals surface area contributed by atoms with Gasteiger partial charge in [0.2, 0.25) is 10.0 Å². The van der Waals surface area contributed by atoms with E-state index in [0.29, 0.717) is 5.56 Å². The van der Waals surface area contributed by atoms with Crippen LogP contribution in [0.3, 0.4) is 0 Å². The van der Waals surface area contributed by atoms with Crippen LogP contribution >= 0.6 is 0 Å². The van der Waals surface area contributed by atoms with Gasteiger partial charge in [-0.2, -0.15) is 5.26 Å². The summed E-state index contributed by atoms with van der Waals surface area (Å²) in [6.45, 7) is 1.72. The molecular formula is C16H16N2O3S. The number of nitrogens with one attached hydrogen (secondary N) is 1. The summed E-state index contributed by atoms with van der Waals surface area (Å²) < 4.78 is 26.7. The van der Waals surface area contributed by atoms with E-state index in [4.69, 9.17) is 5.26 Å². The Hall–Kier alpha value is -2.20. The first kappa shape index (κ1) is 16.2. The van der Waals surface area contributed by atoms with Gasteiger partial charge in [0.15, 0.2) is 0 Å². The fraction of sp³-hybridized carbons (Fsp3) is 0.188. The number of nitrogens with zero attached hydrogens (tertiary/aromatic N) is 1. The summed E-state index contributed by atoms with van der Waals surface area (Å²) in [4.78, 5) is 0.00327. The molecule has 0 spiro atoms. The molecule has 0 fully saturated rings. The van der Waals surface area contributed by atoms with Gasteiger partial charge in [-0.05, 0) is 36.2 Å². The first-order valence-electron chi connectivity index (χ1n) is 6.67. The van der Waals surface area contributed by atoms with Crippen LogP contribution in [-0.2, 0) is 10.0 Å². The van der Waals surface area contributed by atoms with E-state index >= 15 is 0 Å². The maximum Gasteiger partial charge on any atom is 0.240 e. The van der Waals surface area contributed by atoms with Gasteiger partial charge in [0.25, 0.3) is 0 Å². The zero-order valence-corrected chi connectivity index (χ0v) is 12.8. The Morgan fingerprint density at radius 2 is 1.95 bits per heavy atom. The van der Waals surface area contributed by atoms with E-state index < -0.39 is 16.1 Å². The lowest BCUT2D eigenvalue weighted by Crippen LogP contribution is -2.28. The average Bonchev–Trinajstić information content (AvgIpc) is 2.53. The number of rotatable bonds is 5. The number of nitriles is 1. The van der Waals surface area contributed by atoms with Crippen LogP contribution in [0.25, 0.3) is 0 Å². The van der Waals surface area contributed by atoms with Crippen LogP contribution in [0.15, 0.2) is 53.4 Å². The lowest BCUT2D eigenvalue weighted by Gasteiger charge is -2.14. The molecule has 5 nitrogen and oxygen atoms in total. The van der Waals surface area contributed by atoms with Crippen LogP contribution in [0.4, 0.5) is 0 Å². The summed E-state index contributed by atoms with van der Waals surface area (Å²) in [7, 11) is -3.77. The van der Waals surface area contributed by atoms with Crippen LogP contribution in [0.1, 0.15) is 22.8 Å². The second-order valence-corrected chi connectivity index (χ2v) is 6.63. The Morgan fingerprint density at radius 1 is 1.23 bits per heavy atom. The SMILES string of the molecule is Cc1ccccc1C(O)CNS(=O)(=O)c1cccc(C#N)c1. The molecule has 2 aromatic carbocycles. The molecule has 0 aliphatic heterocycles. The second kappa shape index (κ2) is 6.71. The van der Waals surface area contributed by atoms with Crippen LogP contribution in [-0.4, -0.2) is 20.1 Å². The van der Waals surface area contributed by atoms with Crippen molar-refractivity contribution in [1.29, 1.82) is 5.26 Å². The minimum absolute atomic E-state index is 0.00327. The Bertz CT molecular complexity index is 810. The molecule has 0 amide bonds. The number of hydrogen-bond acceptors (Lipinski definition) is 4. The molecule has 0 aromatic heterocycles. The average molecular weight is 316 g/mol. The Balaban J connectivity index is 2.13. The van der Waals surface area contributed by atoms with Gasteiger partial charge >= 0.3 is 0 Å². The van der Waals surface area contributed by atoms with Crippen molar-refractivity contribution >= 4 is 10.0 Å². The number of benzene rings is 2. The van der Waals surface area contributed by atoms with Gasteiger partial charge in [-0.15, -0.1) is 0 Å². The highest BCUT2D eigenvalue weighted by atomic mass is 32.2. The number of hydrogen-bond donors (Lipinski definition) is 2. The van der Waals surface area contributed by atoms with Crippen molar-refractivity contribution in [2.24, 2.45) is 0 Å². The summed E-state index contributed by atoms with van der Waals surface area (Å²) in [6, 6.07) is 14.9. The van der Waals surface area contributed by atoms with Crippen molar-refractivity contribution in [3.8, 4) is 6.07 Å². The molecule has 0 saturated carbocycles. The lowest BCUT2D eigenvalue weighted by atomic mass is 10.0. The molecule has 6 heteroatoms. The summed E-state index contributed by atoms with van der Waals surface area (Å²) in [5, 5.41) is 19.0. The molecule has 0 radical (unpaired) electrons. The first-order valence-corrected chi connectivity index (χ1v) is 8.16. The van der Waals surface area contributed by atoms with Crippen molar-refractivity contribution < 1.29 is 13.5 Å². The molecule has 22 heavy (non-hydrogen) atoms. The van der Waals surface area contributed by atoms with E-state index in [1.54, 1.807) is 12.1 Å². The number of aryl methyl sites for hydroxylation is 1. The molecule has 2 N–H and O–H groups in total. The molecule has 1 atom stereocenters. The molecule has 0 saturated heterocycles. The van der Waals surface area contributed by atoms with Gasteiger partial charge in [0.05, 0.1) is 22.6 Å². The third kappa shape index (κ3) is 3.71. The zero-order valence-electron chi connectivity index (χ0n) is 12.0. The Labute approximate surface area is 129 Å². The minimum Gasteiger partial charge on any atom is -0.387 e. The highest BCUT2D eigenvalue weighted by Crippen LogP contribution is 2.17. The smallest absolute Gasteiger partial charge is 0.240 e.